The Morgan fingerprint density at radius 1 is 1.33 bits per heavy atom. The van der Waals surface area contributed by atoms with Gasteiger partial charge in [-0.15, -0.1) is 0 Å². The van der Waals surface area contributed by atoms with Crippen LogP contribution < -0.4 is 5.32 Å². The van der Waals surface area contributed by atoms with Crippen molar-refractivity contribution < 1.29 is 14.7 Å². The number of nitrogens with zero attached hydrogens (tertiary/aromatic N) is 1. The number of carboxylic acid groups (broad SMARTS) is 1. The van der Waals surface area contributed by atoms with Crippen molar-refractivity contribution in [2.75, 3.05) is 20.1 Å². The molecular formula is C13H22N2O3. The minimum Gasteiger partial charge on any atom is -0.481 e. The molecule has 2 N–H and O–H groups in total. The molecule has 2 aliphatic carbocycles. The Bertz CT molecular complexity index is 363. The molecule has 18 heavy (non-hydrogen) atoms. The zero-order chi connectivity index (χ0) is 13.5. The summed E-state index contributed by atoms with van der Waals surface area (Å²) in [5, 5.41) is 11.9. The van der Waals surface area contributed by atoms with Crippen molar-refractivity contribution in [1.29, 1.82) is 0 Å². The molecule has 0 aromatic rings. The number of hydrogen-bond acceptors (Lipinski definition) is 3. The molecule has 2 unspecified atom stereocenters. The third-order valence-corrected chi connectivity index (χ3v) is 4.31. The van der Waals surface area contributed by atoms with Crippen LogP contribution in [0.15, 0.2) is 0 Å². The molecular weight excluding hydrogens is 232 g/mol. The van der Waals surface area contributed by atoms with Crippen LogP contribution in [0.25, 0.3) is 0 Å². The molecule has 5 heteroatoms. The fourth-order valence-corrected chi connectivity index (χ4v) is 2.75. The topological polar surface area (TPSA) is 69.6 Å². The van der Waals surface area contributed by atoms with Crippen molar-refractivity contribution in [2.24, 2.45) is 17.3 Å². The average Bonchev–Trinajstić information content (AvgIpc) is 3.11. The van der Waals surface area contributed by atoms with E-state index in [2.05, 4.69) is 17.3 Å². The van der Waals surface area contributed by atoms with E-state index in [9.17, 15) is 9.59 Å². The molecule has 0 bridgehead atoms. The van der Waals surface area contributed by atoms with Gasteiger partial charge in [0.2, 0.25) is 5.91 Å². The van der Waals surface area contributed by atoms with Crippen molar-refractivity contribution in [3.63, 3.8) is 0 Å². The summed E-state index contributed by atoms with van der Waals surface area (Å²) < 4.78 is 0. The highest BCUT2D eigenvalue weighted by Gasteiger charge is 2.65. The normalized spacial score (nSPS) is 29.1. The maximum absolute atomic E-state index is 11.9. The summed E-state index contributed by atoms with van der Waals surface area (Å²) in [5.41, 5.74) is -0.404. The second-order valence-electron chi connectivity index (χ2n) is 6.12. The summed E-state index contributed by atoms with van der Waals surface area (Å²) in [6.07, 6.45) is 2.50. The summed E-state index contributed by atoms with van der Waals surface area (Å²) in [4.78, 5) is 25.1. The van der Waals surface area contributed by atoms with E-state index in [4.69, 9.17) is 5.11 Å². The predicted octanol–water partition coefficient (Wildman–Crippen LogP) is 0.554. The van der Waals surface area contributed by atoms with Gasteiger partial charge in [-0.1, -0.05) is 13.8 Å². The summed E-state index contributed by atoms with van der Waals surface area (Å²) in [6.45, 7) is 5.12. The van der Waals surface area contributed by atoms with E-state index in [1.165, 1.54) is 12.8 Å². The number of carbonyl (C=O) groups excluding carboxylic acids is 1. The quantitative estimate of drug-likeness (QED) is 0.726. The van der Waals surface area contributed by atoms with Crippen LogP contribution in [0, 0.1) is 17.3 Å². The molecule has 5 nitrogen and oxygen atoms in total. The minimum atomic E-state index is -0.866. The fourth-order valence-electron chi connectivity index (χ4n) is 2.75. The summed E-state index contributed by atoms with van der Waals surface area (Å²) in [6, 6.07) is 0.686. The Balaban J connectivity index is 1.73. The van der Waals surface area contributed by atoms with Gasteiger partial charge >= 0.3 is 5.97 Å². The first-order chi connectivity index (χ1) is 8.35. The van der Waals surface area contributed by atoms with Gasteiger partial charge in [-0.25, -0.2) is 0 Å². The zero-order valence-electron chi connectivity index (χ0n) is 11.3. The van der Waals surface area contributed by atoms with Gasteiger partial charge in [-0.3, -0.25) is 9.59 Å². The number of likely N-dealkylation sites (N-methyl/N-ethyl adjacent to an activating group) is 1. The van der Waals surface area contributed by atoms with Crippen LogP contribution >= 0.6 is 0 Å². The molecule has 2 saturated carbocycles. The van der Waals surface area contributed by atoms with Crippen molar-refractivity contribution >= 4 is 11.9 Å². The molecule has 2 fully saturated rings. The Labute approximate surface area is 108 Å². The number of hydrogen-bond donors (Lipinski definition) is 2. The molecule has 1 amide bonds. The Kier molecular flexibility index (Phi) is 3.36. The third kappa shape index (κ3) is 2.51. The summed E-state index contributed by atoms with van der Waals surface area (Å²) in [5.74, 6) is -1.88. The molecule has 102 valence electrons. The van der Waals surface area contributed by atoms with Gasteiger partial charge < -0.3 is 15.3 Å². The van der Waals surface area contributed by atoms with E-state index in [-0.39, 0.29) is 11.8 Å². The van der Waals surface area contributed by atoms with Gasteiger partial charge in [0.15, 0.2) is 0 Å². The van der Waals surface area contributed by atoms with Crippen LogP contribution in [0.4, 0.5) is 0 Å². The lowest BCUT2D eigenvalue weighted by molar-refractivity contribution is -0.140. The lowest BCUT2D eigenvalue weighted by atomic mass is 10.1. The molecule has 2 atom stereocenters. The number of nitrogens with one attached hydrogen (secondary N) is 1. The number of carboxylic acids is 1. The molecule has 0 heterocycles. The van der Waals surface area contributed by atoms with Gasteiger partial charge in [-0.2, -0.15) is 0 Å². The number of aliphatic carboxylic acids is 1. The van der Waals surface area contributed by atoms with E-state index >= 15 is 0 Å². The Hall–Kier alpha value is -1.10. The largest absolute Gasteiger partial charge is 0.481 e. The maximum Gasteiger partial charge on any atom is 0.307 e. The highest BCUT2D eigenvalue weighted by atomic mass is 16.4. The monoisotopic (exact) mass is 254 g/mol. The Morgan fingerprint density at radius 2 is 1.94 bits per heavy atom. The van der Waals surface area contributed by atoms with Crippen LogP contribution in [0.3, 0.4) is 0 Å². The van der Waals surface area contributed by atoms with Crippen molar-refractivity contribution in [2.45, 2.75) is 32.7 Å². The van der Waals surface area contributed by atoms with Gasteiger partial charge in [0.05, 0.1) is 11.8 Å². The van der Waals surface area contributed by atoms with Gasteiger partial charge in [0, 0.05) is 19.1 Å². The van der Waals surface area contributed by atoms with Gasteiger partial charge in [-0.05, 0) is 25.3 Å². The second-order valence-corrected chi connectivity index (χ2v) is 6.12. The molecule has 0 radical (unpaired) electrons. The van der Waals surface area contributed by atoms with Crippen molar-refractivity contribution in [3.8, 4) is 0 Å². The van der Waals surface area contributed by atoms with Crippen LogP contribution in [-0.2, 0) is 9.59 Å². The fraction of sp³-hybridized carbons (Fsp3) is 0.846. The standard InChI is InChI=1S/C13H22N2O3/c1-13(2)9(10(13)12(17)18)11(16)14-6-7-15(3)8-4-5-8/h8-10H,4-7H2,1-3H3,(H,14,16)(H,17,18). The lowest BCUT2D eigenvalue weighted by Gasteiger charge is -2.15. The van der Waals surface area contributed by atoms with Crippen LogP contribution in [0.2, 0.25) is 0 Å². The zero-order valence-corrected chi connectivity index (χ0v) is 11.3. The van der Waals surface area contributed by atoms with Gasteiger partial charge in [0.1, 0.15) is 0 Å². The van der Waals surface area contributed by atoms with Crippen LogP contribution in [0.5, 0.6) is 0 Å². The molecule has 0 spiro atoms. The van der Waals surface area contributed by atoms with E-state index in [0.29, 0.717) is 12.6 Å². The van der Waals surface area contributed by atoms with Crippen LogP contribution in [-0.4, -0.2) is 48.1 Å². The Morgan fingerprint density at radius 3 is 2.39 bits per heavy atom. The predicted molar refractivity (Wildman–Crippen MR) is 67.1 cm³/mol. The van der Waals surface area contributed by atoms with Crippen molar-refractivity contribution in [1.82, 2.24) is 10.2 Å². The third-order valence-electron chi connectivity index (χ3n) is 4.31. The highest BCUT2D eigenvalue weighted by Crippen LogP contribution is 2.58. The molecule has 0 aromatic heterocycles. The smallest absolute Gasteiger partial charge is 0.307 e. The molecule has 0 saturated heterocycles. The SMILES string of the molecule is CN(CCNC(=O)C1C(C(=O)O)C1(C)C)C1CC1. The lowest BCUT2D eigenvalue weighted by Crippen LogP contribution is -2.35. The second kappa shape index (κ2) is 4.53. The number of amides is 1. The minimum absolute atomic E-state index is 0.114. The average molecular weight is 254 g/mol. The first-order valence-electron chi connectivity index (χ1n) is 6.56. The maximum atomic E-state index is 11.9. The van der Waals surface area contributed by atoms with E-state index in [1.54, 1.807) is 0 Å². The van der Waals surface area contributed by atoms with Crippen LogP contribution in [0.1, 0.15) is 26.7 Å². The molecule has 0 aromatic carbocycles. The highest BCUT2D eigenvalue weighted by molar-refractivity contribution is 5.91. The van der Waals surface area contributed by atoms with Gasteiger partial charge in [0.25, 0.3) is 0 Å². The number of carbonyl (C=O) groups is 2. The molecule has 2 rings (SSSR count). The van der Waals surface area contributed by atoms with E-state index in [0.717, 1.165) is 6.54 Å². The molecule has 0 aliphatic heterocycles. The van der Waals surface area contributed by atoms with E-state index < -0.39 is 17.3 Å². The summed E-state index contributed by atoms with van der Waals surface area (Å²) in [7, 11) is 2.06. The van der Waals surface area contributed by atoms with Crippen molar-refractivity contribution in [3.05, 3.63) is 0 Å². The van der Waals surface area contributed by atoms with E-state index in [1.807, 2.05) is 13.8 Å². The number of rotatable bonds is 6. The summed E-state index contributed by atoms with van der Waals surface area (Å²) >= 11 is 0. The molecule has 2 aliphatic rings. The first-order valence-corrected chi connectivity index (χ1v) is 6.56. The first kappa shape index (κ1) is 13.3.